The molecule has 0 aliphatic carbocycles. The lowest BCUT2D eigenvalue weighted by Crippen LogP contribution is -2.50. The van der Waals surface area contributed by atoms with Crippen LogP contribution in [0.2, 0.25) is 0 Å². The van der Waals surface area contributed by atoms with E-state index in [-0.39, 0.29) is 4.90 Å². The van der Waals surface area contributed by atoms with Crippen LogP contribution in [-0.4, -0.2) is 37.8 Å². The van der Waals surface area contributed by atoms with Crippen molar-refractivity contribution in [2.45, 2.75) is 31.2 Å². The Morgan fingerprint density at radius 1 is 1.32 bits per heavy atom. The third-order valence-electron chi connectivity index (χ3n) is 3.07. The van der Waals surface area contributed by atoms with E-state index >= 15 is 0 Å². The minimum Gasteiger partial charge on any atom is -0.480 e. The highest BCUT2D eigenvalue weighted by molar-refractivity contribution is 7.90. The summed E-state index contributed by atoms with van der Waals surface area (Å²) in [4.78, 5) is 13.1. The lowest BCUT2D eigenvalue weighted by atomic mass is 10.0. The second kappa shape index (κ2) is 5.21. The Balaban J connectivity index is 3.48. The summed E-state index contributed by atoms with van der Waals surface area (Å²) in [5.74, 6) is -1.00. The molecule has 6 heteroatoms. The average Bonchev–Trinajstić information content (AvgIpc) is 2.28. The number of anilines is 1. The van der Waals surface area contributed by atoms with Crippen molar-refractivity contribution in [1.29, 1.82) is 0 Å². The van der Waals surface area contributed by atoms with Gasteiger partial charge in [0.15, 0.2) is 9.84 Å². The number of benzene rings is 1. The summed E-state index contributed by atoms with van der Waals surface area (Å²) in [6, 6.07) is 6.45. The predicted octanol–water partition coefficient (Wildman–Crippen LogP) is 1.78. The van der Waals surface area contributed by atoms with Crippen molar-refractivity contribution in [3.05, 3.63) is 24.3 Å². The van der Waals surface area contributed by atoms with E-state index in [0.717, 1.165) is 6.26 Å². The molecule has 0 fully saturated rings. The first kappa shape index (κ1) is 15.5. The monoisotopic (exact) mass is 285 g/mol. The van der Waals surface area contributed by atoms with Crippen LogP contribution >= 0.6 is 0 Å². The zero-order valence-corrected chi connectivity index (χ0v) is 12.4. The van der Waals surface area contributed by atoms with E-state index in [1.165, 1.54) is 6.07 Å². The van der Waals surface area contributed by atoms with E-state index in [1.807, 2.05) is 0 Å². The number of carboxylic acids is 1. The molecule has 0 unspecified atom stereocenters. The van der Waals surface area contributed by atoms with Crippen LogP contribution in [-0.2, 0) is 14.6 Å². The number of likely N-dealkylation sites (N-methyl/N-ethyl adjacent to an activating group) is 1. The fourth-order valence-electron chi connectivity index (χ4n) is 1.98. The molecule has 0 bridgehead atoms. The Labute approximate surface area is 113 Å². The number of carbonyl (C=O) groups is 1. The average molecular weight is 285 g/mol. The zero-order chi connectivity index (χ0) is 14.8. The summed E-state index contributed by atoms with van der Waals surface area (Å²) in [5.41, 5.74) is -0.768. The standard InChI is InChI=1S/C13H19NO4S/c1-5-14(13(2,3)12(15)16)10-8-6-7-9-11(10)19(4,17)18/h6-9H,5H2,1-4H3,(H,15,16). The van der Waals surface area contributed by atoms with Crippen molar-refractivity contribution in [3.63, 3.8) is 0 Å². The van der Waals surface area contributed by atoms with E-state index in [1.54, 1.807) is 43.9 Å². The van der Waals surface area contributed by atoms with Crippen molar-refractivity contribution in [1.82, 2.24) is 0 Å². The second-order valence-corrected chi connectivity index (χ2v) is 6.83. The number of carboxylic acid groups (broad SMARTS) is 1. The van der Waals surface area contributed by atoms with E-state index in [0.29, 0.717) is 12.2 Å². The summed E-state index contributed by atoms with van der Waals surface area (Å²) in [6.07, 6.45) is 1.12. The quantitative estimate of drug-likeness (QED) is 0.892. The molecule has 0 aliphatic heterocycles. The maximum atomic E-state index is 11.8. The number of sulfone groups is 1. The van der Waals surface area contributed by atoms with Gasteiger partial charge in [-0.3, -0.25) is 0 Å². The molecule has 5 nitrogen and oxygen atoms in total. The van der Waals surface area contributed by atoms with Gasteiger partial charge in [-0.2, -0.15) is 0 Å². The SMILES string of the molecule is CCN(c1ccccc1S(C)(=O)=O)C(C)(C)C(=O)O. The molecule has 0 aromatic heterocycles. The normalized spacial score (nSPS) is 12.2. The van der Waals surface area contributed by atoms with Crippen molar-refractivity contribution in [3.8, 4) is 0 Å². The minimum atomic E-state index is -3.41. The lowest BCUT2D eigenvalue weighted by Gasteiger charge is -2.37. The van der Waals surface area contributed by atoms with E-state index < -0.39 is 21.3 Å². The Bertz CT molecular complexity index is 578. The first-order valence-corrected chi connectivity index (χ1v) is 7.81. The number of hydrogen-bond acceptors (Lipinski definition) is 4. The topological polar surface area (TPSA) is 74.7 Å². The third kappa shape index (κ3) is 3.07. The Hall–Kier alpha value is -1.56. The minimum absolute atomic E-state index is 0.145. The molecular formula is C13H19NO4S. The van der Waals surface area contributed by atoms with Crippen LogP contribution < -0.4 is 4.90 Å². The smallest absolute Gasteiger partial charge is 0.328 e. The van der Waals surface area contributed by atoms with Crippen molar-refractivity contribution in [2.75, 3.05) is 17.7 Å². The van der Waals surface area contributed by atoms with E-state index in [9.17, 15) is 18.3 Å². The third-order valence-corrected chi connectivity index (χ3v) is 4.21. The van der Waals surface area contributed by atoms with Gasteiger partial charge in [0.25, 0.3) is 0 Å². The number of para-hydroxylation sites is 1. The highest BCUT2D eigenvalue weighted by Crippen LogP contribution is 2.30. The zero-order valence-electron chi connectivity index (χ0n) is 11.5. The molecule has 1 aromatic carbocycles. The molecule has 0 spiro atoms. The first-order chi connectivity index (χ1) is 8.62. The molecule has 0 atom stereocenters. The van der Waals surface area contributed by atoms with Crippen molar-refractivity contribution in [2.24, 2.45) is 0 Å². The molecule has 1 N–H and O–H groups in total. The summed E-state index contributed by atoms with van der Waals surface area (Å²) < 4.78 is 23.6. The predicted molar refractivity (Wildman–Crippen MR) is 74.3 cm³/mol. The van der Waals surface area contributed by atoms with Gasteiger partial charge < -0.3 is 10.0 Å². The molecule has 19 heavy (non-hydrogen) atoms. The molecule has 1 aromatic rings. The van der Waals surface area contributed by atoms with Crippen LogP contribution in [0.1, 0.15) is 20.8 Å². The van der Waals surface area contributed by atoms with Crippen molar-refractivity contribution >= 4 is 21.5 Å². The Morgan fingerprint density at radius 2 is 1.84 bits per heavy atom. The first-order valence-electron chi connectivity index (χ1n) is 5.92. The van der Waals surface area contributed by atoms with Crippen LogP contribution in [0.15, 0.2) is 29.2 Å². The Morgan fingerprint density at radius 3 is 2.26 bits per heavy atom. The van der Waals surface area contributed by atoms with E-state index in [2.05, 4.69) is 0 Å². The second-order valence-electron chi connectivity index (χ2n) is 4.85. The molecule has 0 aliphatic rings. The largest absolute Gasteiger partial charge is 0.480 e. The Kier molecular flexibility index (Phi) is 4.25. The maximum absolute atomic E-state index is 11.8. The molecule has 1 rings (SSSR count). The summed E-state index contributed by atoms with van der Waals surface area (Å²) in [6.45, 7) is 5.30. The number of nitrogens with zero attached hydrogens (tertiary/aromatic N) is 1. The molecule has 0 radical (unpaired) electrons. The molecule has 0 amide bonds. The highest BCUT2D eigenvalue weighted by atomic mass is 32.2. The van der Waals surface area contributed by atoms with Crippen LogP contribution in [0.5, 0.6) is 0 Å². The summed E-state index contributed by atoms with van der Waals surface area (Å²) >= 11 is 0. The van der Waals surface area contributed by atoms with Gasteiger partial charge in [0.1, 0.15) is 5.54 Å². The van der Waals surface area contributed by atoms with Gasteiger partial charge in [-0.1, -0.05) is 12.1 Å². The van der Waals surface area contributed by atoms with Gasteiger partial charge in [0, 0.05) is 12.8 Å². The van der Waals surface area contributed by atoms with Crippen molar-refractivity contribution < 1.29 is 18.3 Å². The van der Waals surface area contributed by atoms with Crippen LogP contribution in [0.3, 0.4) is 0 Å². The van der Waals surface area contributed by atoms with Crippen LogP contribution in [0.25, 0.3) is 0 Å². The fraction of sp³-hybridized carbons (Fsp3) is 0.462. The lowest BCUT2D eigenvalue weighted by molar-refractivity contribution is -0.142. The molecular weight excluding hydrogens is 266 g/mol. The van der Waals surface area contributed by atoms with Crippen LogP contribution in [0, 0.1) is 0 Å². The number of rotatable bonds is 5. The number of hydrogen-bond donors (Lipinski definition) is 1. The van der Waals surface area contributed by atoms with Gasteiger partial charge in [0.2, 0.25) is 0 Å². The van der Waals surface area contributed by atoms with E-state index in [4.69, 9.17) is 0 Å². The summed E-state index contributed by atoms with van der Waals surface area (Å²) in [5, 5.41) is 9.31. The van der Waals surface area contributed by atoms with Gasteiger partial charge in [-0.05, 0) is 32.9 Å². The summed E-state index contributed by atoms with van der Waals surface area (Å²) in [7, 11) is -3.41. The molecule has 0 saturated carbocycles. The van der Waals surface area contributed by atoms with Crippen LogP contribution in [0.4, 0.5) is 5.69 Å². The molecule has 106 valence electrons. The van der Waals surface area contributed by atoms with Gasteiger partial charge in [0.05, 0.1) is 10.6 Å². The van der Waals surface area contributed by atoms with Gasteiger partial charge >= 0.3 is 5.97 Å². The maximum Gasteiger partial charge on any atom is 0.328 e. The molecule has 0 saturated heterocycles. The fourth-order valence-corrected chi connectivity index (χ4v) is 2.86. The van der Waals surface area contributed by atoms with Gasteiger partial charge in [-0.25, -0.2) is 13.2 Å². The van der Waals surface area contributed by atoms with Gasteiger partial charge in [-0.15, -0.1) is 0 Å². The molecule has 0 heterocycles. The number of aliphatic carboxylic acids is 1. The highest BCUT2D eigenvalue weighted by Gasteiger charge is 2.35.